The van der Waals surface area contributed by atoms with Crippen molar-refractivity contribution in [2.75, 3.05) is 0 Å². The quantitative estimate of drug-likeness (QED) is 0.833. The van der Waals surface area contributed by atoms with Crippen molar-refractivity contribution in [2.24, 2.45) is 5.92 Å². The van der Waals surface area contributed by atoms with Crippen molar-refractivity contribution in [2.45, 2.75) is 31.7 Å². The third-order valence-electron chi connectivity index (χ3n) is 3.21. The van der Waals surface area contributed by atoms with E-state index in [2.05, 4.69) is 10.3 Å². The van der Waals surface area contributed by atoms with Crippen molar-refractivity contribution >= 4 is 11.9 Å². The number of aromatic nitrogens is 1. The minimum absolute atomic E-state index is 0.0117. The Morgan fingerprint density at radius 1 is 1.39 bits per heavy atom. The molecule has 0 aromatic carbocycles. The van der Waals surface area contributed by atoms with E-state index in [1.54, 1.807) is 18.3 Å². The number of carbonyl (C=O) groups is 2. The minimum atomic E-state index is -0.767. The van der Waals surface area contributed by atoms with Crippen LogP contribution in [0.4, 0.5) is 0 Å². The van der Waals surface area contributed by atoms with E-state index >= 15 is 0 Å². The van der Waals surface area contributed by atoms with E-state index < -0.39 is 5.97 Å². The van der Waals surface area contributed by atoms with Gasteiger partial charge in [0.1, 0.15) is 0 Å². The van der Waals surface area contributed by atoms with Gasteiger partial charge in [0.25, 0.3) is 0 Å². The van der Waals surface area contributed by atoms with Gasteiger partial charge in [-0.15, -0.1) is 0 Å². The fraction of sp³-hybridized carbons (Fsp3) is 0.462. The average Bonchev–Trinajstić information content (AvgIpc) is 2.78. The summed E-state index contributed by atoms with van der Waals surface area (Å²) in [4.78, 5) is 26.6. The zero-order valence-electron chi connectivity index (χ0n) is 10.0. The lowest BCUT2D eigenvalue weighted by molar-refractivity contribution is -0.141. The van der Waals surface area contributed by atoms with Gasteiger partial charge < -0.3 is 10.4 Å². The zero-order chi connectivity index (χ0) is 13.0. The number of carbonyl (C=O) groups excluding carboxylic acids is 1. The first-order valence-corrected chi connectivity index (χ1v) is 6.07. The number of pyridine rings is 1. The Kier molecular flexibility index (Phi) is 3.92. The largest absolute Gasteiger partial charge is 0.481 e. The van der Waals surface area contributed by atoms with E-state index in [0.29, 0.717) is 12.8 Å². The van der Waals surface area contributed by atoms with Gasteiger partial charge in [-0.05, 0) is 31.4 Å². The molecule has 2 N–H and O–H groups in total. The van der Waals surface area contributed by atoms with Crippen LogP contribution in [0.5, 0.6) is 0 Å². The van der Waals surface area contributed by atoms with Crippen molar-refractivity contribution < 1.29 is 14.7 Å². The van der Waals surface area contributed by atoms with Crippen LogP contribution in [0.15, 0.2) is 24.4 Å². The molecule has 2 atom stereocenters. The van der Waals surface area contributed by atoms with Crippen molar-refractivity contribution in [3.63, 3.8) is 0 Å². The Labute approximate surface area is 105 Å². The lowest BCUT2D eigenvalue weighted by Crippen LogP contribution is -2.34. The molecule has 1 saturated carbocycles. The lowest BCUT2D eigenvalue weighted by atomic mass is 10.1. The van der Waals surface area contributed by atoms with Crippen molar-refractivity contribution in [1.82, 2.24) is 10.3 Å². The Balaban J connectivity index is 1.80. The monoisotopic (exact) mass is 248 g/mol. The van der Waals surface area contributed by atoms with Gasteiger partial charge in [0.15, 0.2) is 0 Å². The second-order valence-corrected chi connectivity index (χ2v) is 4.61. The number of nitrogens with one attached hydrogen (secondary N) is 1. The van der Waals surface area contributed by atoms with E-state index in [4.69, 9.17) is 5.11 Å². The average molecular weight is 248 g/mol. The van der Waals surface area contributed by atoms with Crippen LogP contribution in [0.3, 0.4) is 0 Å². The van der Waals surface area contributed by atoms with Gasteiger partial charge in [0, 0.05) is 17.9 Å². The molecule has 0 bridgehead atoms. The second kappa shape index (κ2) is 5.62. The van der Waals surface area contributed by atoms with Crippen molar-refractivity contribution in [1.29, 1.82) is 0 Å². The van der Waals surface area contributed by atoms with Crippen LogP contribution in [-0.2, 0) is 16.0 Å². The standard InChI is InChI=1S/C13H16N2O3/c16-12(8-10-3-1-2-6-14-10)15-11-5-4-9(7-11)13(17)18/h1-3,6,9,11H,4-5,7-8H2,(H,15,16)(H,17,18). The van der Waals surface area contributed by atoms with Crippen LogP contribution in [-0.4, -0.2) is 28.0 Å². The number of aliphatic carboxylic acids is 1. The molecule has 1 aliphatic rings. The number of rotatable bonds is 4. The molecule has 1 aromatic heterocycles. The highest BCUT2D eigenvalue weighted by atomic mass is 16.4. The number of hydrogen-bond acceptors (Lipinski definition) is 3. The molecule has 0 saturated heterocycles. The number of amides is 1. The fourth-order valence-corrected chi connectivity index (χ4v) is 2.28. The number of carboxylic acids is 1. The van der Waals surface area contributed by atoms with Crippen LogP contribution in [0.25, 0.3) is 0 Å². The molecule has 1 heterocycles. The predicted molar refractivity (Wildman–Crippen MR) is 64.8 cm³/mol. The number of nitrogens with zero attached hydrogens (tertiary/aromatic N) is 1. The molecular weight excluding hydrogens is 232 g/mol. The van der Waals surface area contributed by atoms with Gasteiger partial charge >= 0.3 is 5.97 Å². The molecule has 96 valence electrons. The minimum Gasteiger partial charge on any atom is -0.481 e. The summed E-state index contributed by atoms with van der Waals surface area (Å²) in [5.74, 6) is -1.17. The topological polar surface area (TPSA) is 79.3 Å². The molecule has 0 spiro atoms. The SMILES string of the molecule is O=C(Cc1ccccn1)NC1CCC(C(=O)O)C1. The predicted octanol–water partition coefficient (Wildman–Crippen LogP) is 0.994. The summed E-state index contributed by atoms with van der Waals surface area (Å²) in [5.41, 5.74) is 0.725. The molecular formula is C13H16N2O3. The van der Waals surface area contributed by atoms with Crippen LogP contribution in [0.2, 0.25) is 0 Å². The van der Waals surface area contributed by atoms with Crippen molar-refractivity contribution in [3.05, 3.63) is 30.1 Å². The van der Waals surface area contributed by atoms with E-state index in [1.165, 1.54) is 0 Å². The molecule has 0 radical (unpaired) electrons. The molecule has 1 amide bonds. The molecule has 5 heteroatoms. The number of hydrogen-bond donors (Lipinski definition) is 2. The molecule has 1 aliphatic carbocycles. The molecule has 1 aromatic rings. The van der Waals surface area contributed by atoms with Crippen LogP contribution >= 0.6 is 0 Å². The van der Waals surface area contributed by atoms with E-state index in [0.717, 1.165) is 12.1 Å². The van der Waals surface area contributed by atoms with Gasteiger partial charge in [-0.25, -0.2) is 0 Å². The van der Waals surface area contributed by atoms with Gasteiger partial charge in [-0.2, -0.15) is 0 Å². The zero-order valence-corrected chi connectivity index (χ0v) is 10.0. The highest BCUT2D eigenvalue weighted by Gasteiger charge is 2.30. The third kappa shape index (κ3) is 3.29. The Hall–Kier alpha value is -1.91. The van der Waals surface area contributed by atoms with Crippen LogP contribution in [0, 0.1) is 5.92 Å². The van der Waals surface area contributed by atoms with Crippen LogP contribution in [0.1, 0.15) is 25.0 Å². The van der Waals surface area contributed by atoms with Gasteiger partial charge in [-0.1, -0.05) is 6.07 Å². The maximum atomic E-state index is 11.7. The van der Waals surface area contributed by atoms with Crippen molar-refractivity contribution in [3.8, 4) is 0 Å². The van der Waals surface area contributed by atoms with E-state index in [1.807, 2.05) is 6.07 Å². The Morgan fingerprint density at radius 2 is 2.22 bits per heavy atom. The molecule has 0 aliphatic heterocycles. The lowest BCUT2D eigenvalue weighted by Gasteiger charge is -2.12. The maximum Gasteiger partial charge on any atom is 0.306 e. The normalized spacial score (nSPS) is 22.7. The first-order chi connectivity index (χ1) is 8.65. The smallest absolute Gasteiger partial charge is 0.306 e. The maximum absolute atomic E-state index is 11.7. The summed E-state index contributed by atoms with van der Waals surface area (Å²) in [5, 5.41) is 11.7. The van der Waals surface area contributed by atoms with Gasteiger partial charge in [0.05, 0.1) is 12.3 Å². The molecule has 5 nitrogen and oxygen atoms in total. The van der Waals surface area contributed by atoms with E-state index in [-0.39, 0.29) is 24.3 Å². The summed E-state index contributed by atoms with van der Waals surface area (Å²) >= 11 is 0. The summed E-state index contributed by atoms with van der Waals surface area (Å²) < 4.78 is 0. The number of carboxylic acid groups (broad SMARTS) is 1. The third-order valence-corrected chi connectivity index (χ3v) is 3.21. The van der Waals surface area contributed by atoms with Gasteiger partial charge in [0.2, 0.25) is 5.91 Å². The Morgan fingerprint density at radius 3 is 2.83 bits per heavy atom. The molecule has 18 heavy (non-hydrogen) atoms. The first kappa shape index (κ1) is 12.5. The highest BCUT2D eigenvalue weighted by molar-refractivity contribution is 5.78. The first-order valence-electron chi connectivity index (χ1n) is 6.07. The van der Waals surface area contributed by atoms with Gasteiger partial charge in [-0.3, -0.25) is 14.6 Å². The molecule has 1 fully saturated rings. The highest BCUT2D eigenvalue weighted by Crippen LogP contribution is 2.25. The molecule has 2 rings (SSSR count). The van der Waals surface area contributed by atoms with E-state index in [9.17, 15) is 9.59 Å². The van der Waals surface area contributed by atoms with Crippen LogP contribution < -0.4 is 5.32 Å². The molecule has 2 unspecified atom stereocenters. The summed E-state index contributed by atoms with van der Waals surface area (Å²) in [6.45, 7) is 0. The second-order valence-electron chi connectivity index (χ2n) is 4.61. The summed E-state index contributed by atoms with van der Waals surface area (Å²) in [6.07, 6.45) is 3.81. The fourth-order valence-electron chi connectivity index (χ4n) is 2.28. The summed E-state index contributed by atoms with van der Waals surface area (Å²) in [6, 6.07) is 5.43. The summed E-state index contributed by atoms with van der Waals surface area (Å²) in [7, 11) is 0. The Bertz CT molecular complexity index is 433.